The Balaban J connectivity index is 0.00000884. The Morgan fingerprint density at radius 2 is 1.28 bits per heavy atom. The Kier molecular flexibility index (Phi) is 19.4. The number of likely N-dealkylation sites (tertiary alicyclic amines) is 1. The number of unbranched alkanes of at least 4 members (excludes halogenated alkanes) is 1. The number of amides is 8. The number of rotatable bonds is 22. The summed E-state index contributed by atoms with van der Waals surface area (Å²) in [6.07, 6.45) is 3.00. The molecule has 86 heavy (non-hydrogen) atoms. The summed E-state index contributed by atoms with van der Waals surface area (Å²) in [5.74, 6) is -2.62. The van der Waals surface area contributed by atoms with E-state index in [9.17, 15) is 51.3 Å². The SMILES string of the molecule is COc1cc2c(cc1OCc1cc(COc3cc4c(cc3OC)C(=O)N3c5ccccc5C[C@H]3C(S(=O)(=O)O)N4)cc(NC(=O)[C@H](C)NC(=O)[C@H](C)NC(=O)CCCCC(=O)NCCN3C(=O)[CH-]CC3=O)c1)NC[C@@H]1Cc3ccccc3N1C2=O.[Sm]. The van der Waals surface area contributed by atoms with Crippen LogP contribution in [-0.2, 0) is 64.9 Å². The van der Waals surface area contributed by atoms with Gasteiger partial charge in [0.25, 0.3) is 21.9 Å². The van der Waals surface area contributed by atoms with Crippen LogP contribution in [0.15, 0.2) is 91.0 Å². The van der Waals surface area contributed by atoms with Gasteiger partial charge in [-0.3, -0.25) is 44.5 Å². The maximum atomic E-state index is 14.3. The number of ether oxygens (including phenoxy) is 4. The van der Waals surface area contributed by atoms with E-state index in [-0.39, 0.29) is 156 Å². The first-order valence-electron chi connectivity index (χ1n) is 27.8. The van der Waals surface area contributed by atoms with Gasteiger partial charge in [-0.15, -0.1) is 0 Å². The van der Waals surface area contributed by atoms with E-state index >= 15 is 0 Å². The first-order chi connectivity index (χ1) is 40.8. The Morgan fingerprint density at radius 3 is 1.90 bits per heavy atom. The van der Waals surface area contributed by atoms with Crippen LogP contribution in [0.3, 0.4) is 0 Å². The van der Waals surface area contributed by atoms with Gasteiger partial charge < -0.3 is 70.3 Å². The molecule has 0 bridgehead atoms. The minimum absolute atomic E-state index is 0. The van der Waals surface area contributed by atoms with Crippen LogP contribution in [0, 0.1) is 46.8 Å². The van der Waals surface area contributed by atoms with Crippen molar-refractivity contribution >= 4 is 85.8 Å². The van der Waals surface area contributed by atoms with Gasteiger partial charge in [0.2, 0.25) is 23.6 Å². The van der Waals surface area contributed by atoms with Crippen molar-refractivity contribution in [2.45, 2.75) is 102 Å². The molecule has 1 saturated heterocycles. The molecule has 0 saturated carbocycles. The maximum absolute atomic E-state index is 14.3. The minimum atomic E-state index is -4.79. The molecule has 5 aromatic rings. The van der Waals surface area contributed by atoms with Gasteiger partial charge in [0.1, 0.15) is 25.3 Å². The fraction of sp³-hybridized carbons (Fsp3) is 0.350. The van der Waals surface area contributed by atoms with Gasteiger partial charge in [-0.05, 0) is 104 Å². The Morgan fingerprint density at radius 1 is 0.709 bits per heavy atom. The molecular weight excluding hydrogens is 1270 g/mol. The zero-order valence-electron chi connectivity index (χ0n) is 47.4. The number of fused-ring (bicyclic) bond motifs is 8. The molecule has 5 atom stereocenters. The van der Waals surface area contributed by atoms with E-state index in [2.05, 4.69) is 31.9 Å². The van der Waals surface area contributed by atoms with Crippen LogP contribution in [-0.4, -0.2) is 129 Å². The molecule has 5 heterocycles. The molecule has 26 heteroatoms. The summed E-state index contributed by atoms with van der Waals surface area (Å²) in [6, 6.07) is 22.8. The molecule has 10 rings (SSSR count). The molecule has 24 nitrogen and oxygen atoms in total. The van der Waals surface area contributed by atoms with Gasteiger partial charge in [0, 0.05) is 102 Å². The van der Waals surface area contributed by atoms with E-state index in [1.165, 1.54) is 51.5 Å². The van der Waals surface area contributed by atoms with Crippen molar-refractivity contribution in [2.75, 3.05) is 59.6 Å². The fourth-order valence-corrected chi connectivity index (χ4v) is 12.1. The average Bonchev–Trinajstić information content (AvgIpc) is 1.87. The van der Waals surface area contributed by atoms with Crippen molar-refractivity contribution in [3.05, 3.63) is 131 Å². The first-order valence-corrected chi connectivity index (χ1v) is 29.3. The Hall–Kier alpha value is -8.02. The number of hydrogen-bond acceptors (Lipinski definition) is 16. The maximum Gasteiger partial charge on any atom is 0.288 e. The molecule has 0 spiro atoms. The monoisotopic (exact) mass is 1330 g/mol. The molecule has 8 amide bonds. The third-order valence-electron chi connectivity index (χ3n) is 15.5. The molecular formula is C60H64N9O15SSm-. The van der Waals surface area contributed by atoms with Gasteiger partial charge in [-0.25, -0.2) is 0 Å². The number of carbonyl (C=O) groups excluding carboxylic acids is 8. The molecule has 0 radical (unpaired) electrons. The normalized spacial score (nSPS) is 17.8. The second-order valence-corrected chi connectivity index (χ2v) is 22.8. The molecule has 1 fully saturated rings. The molecule has 5 aliphatic rings. The quantitative estimate of drug-likeness (QED) is 0.0215. The third-order valence-corrected chi connectivity index (χ3v) is 16.5. The number of benzene rings is 5. The van der Waals surface area contributed by atoms with Crippen LogP contribution in [0.1, 0.15) is 88.9 Å². The van der Waals surface area contributed by atoms with Gasteiger partial charge in [-0.1, -0.05) is 42.8 Å². The number of anilines is 5. The zero-order chi connectivity index (χ0) is 60.3. The van der Waals surface area contributed by atoms with Crippen LogP contribution >= 0.6 is 0 Å². The van der Waals surface area contributed by atoms with E-state index in [0.717, 1.165) is 21.7 Å². The average molecular weight is 1330 g/mol. The summed E-state index contributed by atoms with van der Waals surface area (Å²) in [5.41, 5.74) is 5.53. The van der Waals surface area contributed by atoms with Crippen molar-refractivity contribution in [3.63, 3.8) is 0 Å². The fourth-order valence-electron chi connectivity index (χ4n) is 11.2. The molecule has 5 aliphatic heterocycles. The number of carbonyl (C=O) groups is 8. The van der Waals surface area contributed by atoms with E-state index < -0.39 is 57.2 Å². The van der Waals surface area contributed by atoms with Crippen LogP contribution < -0.4 is 60.6 Å². The smallest absolute Gasteiger partial charge is 0.288 e. The summed E-state index contributed by atoms with van der Waals surface area (Å²) < 4.78 is 60.8. The Labute approximate surface area is 528 Å². The molecule has 7 N–H and O–H groups in total. The van der Waals surface area contributed by atoms with Crippen molar-refractivity contribution in [1.29, 1.82) is 0 Å². The largest absolute Gasteiger partial charge is 0.493 e. The van der Waals surface area contributed by atoms with Crippen molar-refractivity contribution in [1.82, 2.24) is 20.9 Å². The minimum Gasteiger partial charge on any atom is -0.493 e. The zero-order valence-corrected chi connectivity index (χ0v) is 50.9. The van der Waals surface area contributed by atoms with Gasteiger partial charge in [0.15, 0.2) is 34.3 Å². The molecule has 1 unspecified atom stereocenters. The number of imide groups is 1. The van der Waals surface area contributed by atoms with Crippen molar-refractivity contribution in [3.8, 4) is 23.0 Å². The van der Waals surface area contributed by atoms with Gasteiger partial charge >= 0.3 is 0 Å². The number of nitrogens with zero attached hydrogens (tertiary/aromatic N) is 3. The van der Waals surface area contributed by atoms with Crippen LogP contribution in [0.25, 0.3) is 0 Å². The van der Waals surface area contributed by atoms with E-state index in [1.54, 1.807) is 54.6 Å². The standard InChI is InChI=1S/C60H64N9O15S.Sm/c1-33(63-53(71)16-10-9-15-52(70)61-19-20-67-54(72)17-18-55(67)73)56(74)64-34(2)57(75)65-39-22-35(31-83-50-28-43-41(26-48(50)81-3)59(76)68-40(30-62-43)24-37-11-5-7-13-45(37)68)21-36(23-39)32-84-51-29-44-42(27-49(51)82-4)60(77)69-46-14-8-6-12-38(46)25-47(69)58(66-44)85(78,79)80;/h5-8,11-14,17,21-23,26-29,33-34,40,47,58,62,66H,9-10,15-16,18-20,24-25,30-32H2,1-4H3,(H,61,70)(H,63,71)(H,64,74)(H,65,75)(H,78,79,80);/q-1;/t33-,34-,40-,47-,58?;/m0./s1. The van der Waals surface area contributed by atoms with Crippen LogP contribution in [0.5, 0.6) is 23.0 Å². The molecule has 0 aliphatic carbocycles. The van der Waals surface area contributed by atoms with Crippen LogP contribution in [0.4, 0.5) is 28.4 Å². The summed E-state index contributed by atoms with van der Waals surface area (Å²) in [5, 5.41) is 15.5. The van der Waals surface area contributed by atoms with Gasteiger partial charge in [0.05, 0.1) is 54.7 Å². The van der Waals surface area contributed by atoms with Gasteiger partial charge in [-0.2, -0.15) is 8.42 Å². The second kappa shape index (κ2) is 26.7. The van der Waals surface area contributed by atoms with Crippen molar-refractivity contribution in [2.24, 2.45) is 0 Å². The topological polar surface area (TPSA) is 310 Å². The summed E-state index contributed by atoms with van der Waals surface area (Å²) in [7, 11) is -1.95. The number of para-hydroxylation sites is 2. The summed E-state index contributed by atoms with van der Waals surface area (Å²) in [6.45, 7) is 3.29. The number of hydrogen-bond donors (Lipinski definition) is 7. The molecule has 452 valence electrons. The number of nitrogens with one attached hydrogen (secondary N) is 6. The van der Waals surface area contributed by atoms with Crippen molar-refractivity contribution < 1.29 is 111 Å². The first kappa shape index (κ1) is 62.5. The number of methoxy groups -OCH3 is 2. The second-order valence-electron chi connectivity index (χ2n) is 21.3. The van der Waals surface area contributed by atoms with E-state index in [1.807, 2.05) is 29.2 Å². The predicted octanol–water partition coefficient (Wildman–Crippen LogP) is 4.66. The van der Waals surface area contributed by atoms with E-state index in [0.29, 0.717) is 59.6 Å². The third kappa shape index (κ3) is 13.6. The van der Waals surface area contributed by atoms with Crippen LogP contribution in [0.2, 0.25) is 0 Å². The summed E-state index contributed by atoms with van der Waals surface area (Å²) >= 11 is 0. The Bertz CT molecular complexity index is 3630. The molecule has 0 aromatic heterocycles. The van der Waals surface area contributed by atoms with E-state index in [4.69, 9.17) is 18.9 Å². The molecule has 5 aromatic carbocycles. The summed E-state index contributed by atoms with van der Waals surface area (Å²) in [4.78, 5) is 109. The predicted molar refractivity (Wildman–Crippen MR) is 311 cm³/mol.